The molecule has 1 aromatic rings. The zero-order chi connectivity index (χ0) is 12.2. The van der Waals surface area contributed by atoms with Crippen molar-refractivity contribution in [2.75, 3.05) is 0 Å². The molecule has 0 amide bonds. The van der Waals surface area contributed by atoms with E-state index >= 15 is 0 Å². The van der Waals surface area contributed by atoms with Crippen LogP contribution in [0.3, 0.4) is 0 Å². The Morgan fingerprint density at radius 2 is 1.53 bits per heavy atom. The third-order valence-corrected chi connectivity index (χ3v) is 5.22. The van der Waals surface area contributed by atoms with E-state index < -0.39 is 17.5 Å². The third kappa shape index (κ3) is 2.01. The quantitative estimate of drug-likeness (QED) is 0.701. The van der Waals surface area contributed by atoms with Crippen LogP contribution in [0.5, 0.6) is 0 Å². The first-order valence-electron chi connectivity index (χ1n) is 5.84. The van der Waals surface area contributed by atoms with Crippen LogP contribution in [0.25, 0.3) is 0 Å². The van der Waals surface area contributed by atoms with Gasteiger partial charge in [-0.2, -0.15) is 0 Å². The number of fused-ring (bicyclic) bond motifs is 1. The molecule has 0 heterocycles. The molecule has 17 heavy (non-hydrogen) atoms. The number of hydrogen-bond donors (Lipinski definition) is 0. The molecular weight excluding hydrogens is 293 g/mol. The highest BCUT2D eigenvalue weighted by Crippen LogP contribution is 2.58. The van der Waals surface area contributed by atoms with Crippen LogP contribution in [-0.4, -0.2) is 0 Å². The van der Waals surface area contributed by atoms with Gasteiger partial charge in [-0.05, 0) is 37.0 Å². The highest BCUT2D eigenvalue weighted by Gasteiger charge is 2.48. The molecule has 4 heteroatoms. The smallest absolute Gasteiger partial charge is 0.133 e. The molecule has 0 nitrogen and oxygen atoms in total. The van der Waals surface area contributed by atoms with Crippen molar-refractivity contribution in [1.82, 2.24) is 0 Å². The summed E-state index contributed by atoms with van der Waals surface area (Å²) in [5, 5.41) is 0. The van der Waals surface area contributed by atoms with E-state index in [2.05, 4.69) is 15.9 Å². The standard InChI is InChI=1S/C13H12BrF3/c14-13(8-2-6-1-7(6)3-8)12-10(16)4-9(15)5-11(12)17/h4-8,13H,1-3H2. The highest BCUT2D eigenvalue weighted by atomic mass is 79.9. The molecule has 0 radical (unpaired) electrons. The molecule has 0 aromatic heterocycles. The second-order valence-electron chi connectivity index (χ2n) is 5.17. The second kappa shape index (κ2) is 4.01. The van der Waals surface area contributed by atoms with Gasteiger partial charge in [-0.3, -0.25) is 0 Å². The SMILES string of the molecule is Fc1cc(F)c(C(Br)C2CC3CC3C2)c(F)c1. The van der Waals surface area contributed by atoms with E-state index in [0.29, 0.717) is 0 Å². The molecule has 0 spiro atoms. The molecule has 1 aromatic carbocycles. The van der Waals surface area contributed by atoms with E-state index in [1.54, 1.807) is 0 Å². The van der Waals surface area contributed by atoms with Gasteiger partial charge in [-0.1, -0.05) is 15.9 Å². The van der Waals surface area contributed by atoms with Gasteiger partial charge in [0.25, 0.3) is 0 Å². The summed E-state index contributed by atoms with van der Waals surface area (Å²) < 4.78 is 40.0. The van der Waals surface area contributed by atoms with Crippen LogP contribution in [-0.2, 0) is 0 Å². The van der Waals surface area contributed by atoms with Crippen molar-refractivity contribution in [1.29, 1.82) is 0 Å². The Hall–Kier alpha value is -0.510. The number of alkyl halides is 1. The third-order valence-electron chi connectivity index (χ3n) is 4.01. The lowest BCUT2D eigenvalue weighted by atomic mass is 9.94. The van der Waals surface area contributed by atoms with Crippen molar-refractivity contribution in [3.63, 3.8) is 0 Å². The molecule has 0 N–H and O–H groups in total. The summed E-state index contributed by atoms with van der Waals surface area (Å²) >= 11 is 3.38. The Kier molecular flexibility index (Phi) is 2.73. The first-order valence-corrected chi connectivity index (χ1v) is 6.76. The maximum absolute atomic E-state index is 13.6. The maximum Gasteiger partial charge on any atom is 0.133 e. The summed E-state index contributed by atoms with van der Waals surface area (Å²) in [5.74, 6) is -0.654. The number of halogens is 4. The first-order chi connectivity index (χ1) is 8.06. The molecule has 92 valence electrons. The van der Waals surface area contributed by atoms with Crippen molar-refractivity contribution in [2.45, 2.75) is 24.1 Å². The summed E-state index contributed by atoms with van der Waals surface area (Å²) in [5.41, 5.74) is -0.0160. The van der Waals surface area contributed by atoms with Crippen molar-refractivity contribution in [2.24, 2.45) is 17.8 Å². The van der Waals surface area contributed by atoms with Crippen LogP contribution >= 0.6 is 15.9 Å². The van der Waals surface area contributed by atoms with Gasteiger partial charge in [-0.15, -0.1) is 0 Å². The van der Waals surface area contributed by atoms with E-state index in [4.69, 9.17) is 0 Å². The van der Waals surface area contributed by atoms with Crippen molar-refractivity contribution >= 4 is 15.9 Å². The van der Waals surface area contributed by atoms with Crippen LogP contribution in [0.15, 0.2) is 12.1 Å². The Bertz CT molecular complexity index is 427. The van der Waals surface area contributed by atoms with Gasteiger partial charge in [0.05, 0.1) is 0 Å². The van der Waals surface area contributed by atoms with Gasteiger partial charge >= 0.3 is 0 Å². The molecule has 0 bridgehead atoms. The molecular formula is C13H12BrF3. The van der Waals surface area contributed by atoms with Gasteiger partial charge in [0.2, 0.25) is 0 Å². The molecule has 3 unspecified atom stereocenters. The predicted octanol–water partition coefficient (Wildman–Crippen LogP) is 4.59. The maximum atomic E-state index is 13.6. The molecule has 2 fully saturated rings. The largest absolute Gasteiger partial charge is 0.207 e. The minimum Gasteiger partial charge on any atom is -0.207 e. The molecule has 3 atom stereocenters. The van der Waals surface area contributed by atoms with Crippen LogP contribution in [0.2, 0.25) is 0 Å². The number of rotatable bonds is 2. The van der Waals surface area contributed by atoms with E-state index in [-0.39, 0.29) is 16.3 Å². The fourth-order valence-electron chi connectivity index (χ4n) is 3.05. The van der Waals surface area contributed by atoms with Crippen LogP contribution in [0.4, 0.5) is 13.2 Å². The summed E-state index contributed by atoms with van der Waals surface area (Å²) in [4.78, 5) is -0.337. The zero-order valence-electron chi connectivity index (χ0n) is 9.10. The number of hydrogen-bond acceptors (Lipinski definition) is 0. The van der Waals surface area contributed by atoms with Crippen LogP contribution in [0.1, 0.15) is 29.7 Å². The normalized spacial score (nSPS) is 32.4. The average molecular weight is 305 g/mol. The Balaban J connectivity index is 1.87. The molecule has 2 saturated carbocycles. The first kappa shape index (κ1) is 11.6. The lowest BCUT2D eigenvalue weighted by Gasteiger charge is -2.20. The molecule has 3 rings (SSSR count). The lowest BCUT2D eigenvalue weighted by molar-refractivity contribution is 0.447. The van der Waals surface area contributed by atoms with Crippen molar-refractivity contribution < 1.29 is 13.2 Å². The fourth-order valence-corrected chi connectivity index (χ4v) is 3.92. The predicted molar refractivity (Wildman–Crippen MR) is 62.3 cm³/mol. The summed E-state index contributed by atoms with van der Waals surface area (Å²) in [6, 6.07) is 1.50. The summed E-state index contributed by atoms with van der Waals surface area (Å²) in [7, 11) is 0. The monoisotopic (exact) mass is 304 g/mol. The minimum atomic E-state index is -0.863. The van der Waals surface area contributed by atoms with Gasteiger partial charge in [0.15, 0.2) is 0 Å². The second-order valence-corrected chi connectivity index (χ2v) is 6.16. The lowest BCUT2D eigenvalue weighted by Crippen LogP contribution is -2.10. The Morgan fingerprint density at radius 1 is 1.00 bits per heavy atom. The zero-order valence-corrected chi connectivity index (χ0v) is 10.7. The van der Waals surface area contributed by atoms with Gasteiger partial charge in [0.1, 0.15) is 17.5 Å². The van der Waals surface area contributed by atoms with Crippen molar-refractivity contribution in [3.8, 4) is 0 Å². The summed E-state index contributed by atoms with van der Waals surface area (Å²) in [6.07, 6.45) is 3.32. The molecule has 0 saturated heterocycles. The van der Waals surface area contributed by atoms with E-state index in [9.17, 15) is 13.2 Å². The minimum absolute atomic E-state index is 0.0160. The van der Waals surface area contributed by atoms with E-state index in [0.717, 1.165) is 36.8 Å². The average Bonchev–Trinajstić information content (AvgIpc) is 2.84. The molecule has 2 aliphatic carbocycles. The highest BCUT2D eigenvalue weighted by molar-refractivity contribution is 9.09. The van der Waals surface area contributed by atoms with Gasteiger partial charge < -0.3 is 0 Å². The van der Waals surface area contributed by atoms with Gasteiger partial charge in [0, 0.05) is 22.5 Å². The van der Waals surface area contributed by atoms with Crippen LogP contribution < -0.4 is 0 Å². The van der Waals surface area contributed by atoms with Gasteiger partial charge in [-0.25, -0.2) is 13.2 Å². The van der Waals surface area contributed by atoms with Crippen molar-refractivity contribution in [3.05, 3.63) is 35.1 Å². The number of benzene rings is 1. The molecule has 2 aliphatic rings. The van der Waals surface area contributed by atoms with Crippen LogP contribution in [0, 0.1) is 35.2 Å². The summed E-state index contributed by atoms with van der Waals surface area (Å²) in [6.45, 7) is 0. The Morgan fingerprint density at radius 3 is 2.06 bits per heavy atom. The van der Waals surface area contributed by atoms with E-state index in [1.807, 2.05) is 0 Å². The fraction of sp³-hybridized carbons (Fsp3) is 0.538. The molecule has 0 aliphatic heterocycles. The Labute approximate surface area is 106 Å². The van der Waals surface area contributed by atoms with E-state index in [1.165, 1.54) is 6.42 Å². The topological polar surface area (TPSA) is 0 Å².